The van der Waals surface area contributed by atoms with E-state index in [0.29, 0.717) is 0 Å². The van der Waals surface area contributed by atoms with Crippen LogP contribution in [0.15, 0.2) is 48.0 Å². The first-order chi connectivity index (χ1) is 17.3. The SMILES string of the molecule is CCOc1ccc2c(c1F)C(F)(F)C(F)(F)c1c-2ccc(C(=O)OC2=CCC(C)(OCC)C=C2F)c1F. The minimum atomic E-state index is -5.25. The van der Waals surface area contributed by atoms with Gasteiger partial charge in [0.25, 0.3) is 0 Å². The lowest BCUT2D eigenvalue weighted by atomic mass is 9.79. The van der Waals surface area contributed by atoms with Crippen molar-refractivity contribution in [3.63, 3.8) is 0 Å². The average Bonchev–Trinajstić information content (AvgIpc) is 2.80. The number of hydrogen-bond acceptors (Lipinski definition) is 4. The molecule has 2 aliphatic carbocycles. The second-order valence-electron chi connectivity index (χ2n) is 8.63. The number of benzene rings is 2. The summed E-state index contributed by atoms with van der Waals surface area (Å²) in [5, 5.41) is 0. The lowest BCUT2D eigenvalue weighted by Gasteiger charge is -2.35. The van der Waals surface area contributed by atoms with Crippen LogP contribution in [0.2, 0.25) is 0 Å². The first-order valence-electron chi connectivity index (χ1n) is 11.3. The van der Waals surface area contributed by atoms with Crippen LogP contribution in [0.3, 0.4) is 0 Å². The summed E-state index contributed by atoms with van der Waals surface area (Å²) >= 11 is 0. The highest BCUT2D eigenvalue weighted by Gasteiger charge is 2.65. The molecule has 0 radical (unpaired) electrons. The first-order valence-corrected chi connectivity index (χ1v) is 11.3. The Morgan fingerprint density at radius 2 is 1.49 bits per heavy atom. The standard InChI is InChI=1S/C26H21F7O4/c1-4-35-18-9-8-14-13-6-7-15(21(28)19(13)25(30,31)26(32,33)20(14)22(18)29)23(34)37-17-10-11-24(3,36-5-2)12-16(17)27/h6-10,12H,4-5,11H2,1-3H3. The molecule has 4 rings (SSSR count). The molecule has 1 unspecified atom stereocenters. The van der Waals surface area contributed by atoms with E-state index in [1.54, 1.807) is 13.8 Å². The maximum absolute atomic E-state index is 15.3. The second kappa shape index (κ2) is 9.20. The van der Waals surface area contributed by atoms with Gasteiger partial charge in [-0.3, -0.25) is 0 Å². The molecule has 37 heavy (non-hydrogen) atoms. The van der Waals surface area contributed by atoms with Crippen molar-refractivity contribution in [2.75, 3.05) is 13.2 Å². The Morgan fingerprint density at radius 3 is 2.05 bits per heavy atom. The second-order valence-corrected chi connectivity index (χ2v) is 8.63. The van der Waals surface area contributed by atoms with E-state index in [4.69, 9.17) is 14.2 Å². The van der Waals surface area contributed by atoms with Gasteiger partial charge in [0.05, 0.1) is 28.9 Å². The van der Waals surface area contributed by atoms with Crippen LogP contribution in [-0.2, 0) is 21.3 Å². The Bertz CT molecular complexity index is 1330. The Labute approximate surface area is 207 Å². The Morgan fingerprint density at radius 1 is 0.892 bits per heavy atom. The summed E-state index contributed by atoms with van der Waals surface area (Å²) < 4.78 is 120. The molecule has 0 saturated heterocycles. The smallest absolute Gasteiger partial charge is 0.346 e. The summed E-state index contributed by atoms with van der Waals surface area (Å²) in [7, 11) is 0. The van der Waals surface area contributed by atoms with Gasteiger partial charge in [-0.2, -0.15) is 17.6 Å². The maximum atomic E-state index is 15.3. The lowest BCUT2D eigenvalue weighted by molar-refractivity contribution is -0.227. The lowest BCUT2D eigenvalue weighted by Crippen LogP contribution is -2.41. The number of carbonyl (C=O) groups excluding carboxylic acids is 1. The van der Waals surface area contributed by atoms with Gasteiger partial charge >= 0.3 is 17.8 Å². The molecule has 0 aliphatic heterocycles. The predicted molar refractivity (Wildman–Crippen MR) is 118 cm³/mol. The average molecular weight is 530 g/mol. The number of fused-ring (bicyclic) bond motifs is 3. The number of rotatable bonds is 6. The minimum Gasteiger partial charge on any atom is -0.491 e. The minimum absolute atomic E-state index is 0.0833. The number of alkyl halides is 4. The number of allylic oxidation sites excluding steroid dienone is 1. The zero-order chi connectivity index (χ0) is 27.3. The fourth-order valence-electron chi connectivity index (χ4n) is 4.40. The van der Waals surface area contributed by atoms with Crippen molar-refractivity contribution in [1.82, 2.24) is 0 Å². The molecule has 0 fully saturated rings. The van der Waals surface area contributed by atoms with Crippen molar-refractivity contribution in [3.05, 3.63) is 76.3 Å². The number of halogens is 7. The molecule has 2 aliphatic rings. The topological polar surface area (TPSA) is 44.8 Å². The first kappa shape index (κ1) is 26.7. The van der Waals surface area contributed by atoms with Crippen LogP contribution >= 0.6 is 0 Å². The third-order valence-electron chi connectivity index (χ3n) is 6.12. The van der Waals surface area contributed by atoms with Gasteiger partial charge in [-0.15, -0.1) is 0 Å². The zero-order valence-corrected chi connectivity index (χ0v) is 19.9. The molecular formula is C26H21F7O4. The van der Waals surface area contributed by atoms with Crippen LogP contribution in [0, 0.1) is 11.6 Å². The fraction of sp³-hybridized carbons (Fsp3) is 0.346. The van der Waals surface area contributed by atoms with Crippen LogP contribution in [0.1, 0.15) is 48.7 Å². The Kier molecular flexibility index (Phi) is 6.64. The van der Waals surface area contributed by atoms with Gasteiger partial charge < -0.3 is 14.2 Å². The van der Waals surface area contributed by atoms with Crippen molar-refractivity contribution in [2.45, 2.75) is 44.6 Å². The number of ether oxygens (including phenoxy) is 3. The van der Waals surface area contributed by atoms with E-state index >= 15 is 22.0 Å². The summed E-state index contributed by atoms with van der Waals surface area (Å²) in [5.41, 5.74) is -7.04. The molecule has 4 nitrogen and oxygen atoms in total. The third kappa shape index (κ3) is 4.18. The van der Waals surface area contributed by atoms with Crippen LogP contribution < -0.4 is 4.74 Å². The molecule has 0 aromatic heterocycles. The van der Waals surface area contributed by atoms with Crippen LogP contribution in [-0.4, -0.2) is 24.8 Å². The molecular weight excluding hydrogens is 509 g/mol. The molecule has 0 bridgehead atoms. The molecule has 11 heteroatoms. The van der Waals surface area contributed by atoms with E-state index in [9.17, 15) is 13.6 Å². The Balaban J connectivity index is 1.77. The van der Waals surface area contributed by atoms with Gasteiger partial charge in [0.1, 0.15) is 5.82 Å². The quantitative estimate of drug-likeness (QED) is 0.290. The molecule has 1 atom stereocenters. The van der Waals surface area contributed by atoms with Crippen LogP contribution in [0.5, 0.6) is 5.75 Å². The highest BCUT2D eigenvalue weighted by molar-refractivity contribution is 5.93. The molecule has 0 heterocycles. The number of hydrogen-bond donors (Lipinski definition) is 0. The van der Waals surface area contributed by atoms with Gasteiger partial charge in [-0.1, -0.05) is 6.07 Å². The maximum Gasteiger partial charge on any atom is 0.346 e. The highest BCUT2D eigenvalue weighted by atomic mass is 19.3. The number of carbonyl (C=O) groups is 1. The van der Waals surface area contributed by atoms with Gasteiger partial charge in [0.2, 0.25) is 0 Å². The van der Waals surface area contributed by atoms with E-state index in [1.165, 1.54) is 6.92 Å². The van der Waals surface area contributed by atoms with E-state index in [2.05, 4.69) is 0 Å². The third-order valence-corrected chi connectivity index (χ3v) is 6.12. The van der Waals surface area contributed by atoms with Gasteiger partial charge in [-0.25, -0.2) is 18.0 Å². The molecule has 2 aromatic carbocycles. The summed E-state index contributed by atoms with van der Waals surface area (Å²) in [6.45, 7) is 4.86. The number of esters is 1. The highest BCUT2D eigenvalue weighted by Crippen LogP contribution is 2.60. The van der Waals surface area contributed by atoms with Gasteiger partial charge in [-0.05, 0) is 62.2 Å². The summed E-state index contributed by atoms with van der Waals surface area (Å²) in [4.78, 5) is 12.6. The Hall–Kier alpha value is -3.34. The van der Waals surface area contributed by atoms with Gasteiger partial charge in [0.15, 0.2) is 23.2 Å². The summed E-state index contributed by atoms with van der Waals surface area (Å²) in [6.07, 6.45) is 2.29. The molecule has 0 N–H and O–H groups in total. The van der Waals surface area contributed by atoms with Crippen molar-refractivity contribution in [1.29, 1.82) is 0 Å². The predicted octanol–water partition coefficient (Wildman–Crippen LogP) is 7.32. The van der Waals surface area contributed by atoms with Crippen LogP contribution in [0.25, 0.3) is 11.1 Å². The summed E-state index contributed by atoms with van der Waals surface area (Å²) in [5.74, 6) is -18.0. The van der Waals surface area contributed by atoms with E-state index in [0.717, 1.165) is 36.4 Å². The van der Waals surface area contributed by atoms with Crippen LogP contribution in [0.4, 0.5) is 30.7 Å². The largest absolute Gasteiger partial charge is 0.491 e. The monoisotopic (exact) mass is 530 g/mol. The molecule has 198 valence electrons. The molecule has 0 saturated carbocycles. The molecule has 2 aromatic rings. The van der Waals surface area contributed by atoms with Crippen molar-refractivity contribution in [3.8, 4) is 16.9 Å². The molecule has 0 spiro atoms. The molecule has 0 amide bonds. The van der Waals surface area contributed by atoms with Crippen molar-refractivity contribution in [2.24, 2.45) is 0 Å². The van der Waals surface area contributed by atoms with Crippen molar-refractivity contribution < 1.29 is 49.7 Å². The van der Waals surface area contributed by atoms with E-state index in [1.807, 2.05) is 0 Å². The normalized spacial score (nSPS) is 21.4. The van der Waals surface area contributed by atoms with E-state index in [-0.39, 0.29) is 19.6 Å². The van der Waals surface area contributed by atoms with Gasteiger partial charge in [0, 0.05) is 13.0 Å². The zero-order valence-electron chi connectivity index (χ0n) is 19.9. The fourth-order valence-corrected chi connectivity index (χ4v) is 4.40. The van der Waals surface area contributed by atoms with E-state index < -0.39 is 80.2 Å². The van der Waals surface area contributed by atoms with Crippen molar-refractivity contribution >= 4 is 5.97 Å². The summed E-state index contributed by atoms with van der Waals surface area (Å²) in [6, 6.07) is 3.38.